The number of rotatable bonds is 3. The van der Waals surface area contributed by atoms with Crippen LogP contribution in [0.4, 0.5) is 5.82 Å². The maximum absolute atomic E-state index is 12.5. The summed E-state index contributed by atoms with van der Waals surface area (Å²) in [6.07, 6.45) is 9.08. The number of likely N-dealkylation sites (tertiary alicyclic amines) is 2. The summed E-state index contributed by atoms with van der Waals surface area (Å²) >= 11 is 1.59. The van der Waals surface area contributed by atoms with Crippen molar-refractivity contribution in [2.24, 2.45) is 5.41 Å². The number of nitrogens with zero attached hydrogens (tertiary/aromatic N) is 5. The van der Waals surface area contributed by atoms with Crippen molar-refractivity contribution in [3.8, 4) is 0 Å². The number of hydrogen-bond acceptors (Lipinski definition) is 6. The zero-order valence-corrected chi connectivity index (χ0v) is 16.7. The first-order valence-corrected chi connectivity index (χ1v) is 10.9. The van der Waals surface area contributed by atoms with E-state index in [0.717, 1.165) is 75.8 Å². The molecule has 0 aliphatic carbocycles. The van der Waals surface area contributed by atoms with Gasteiger partial charge in [-0.2, -0.15) is 0 Å². The second-order valence-electron chi connectivity index (χ2n) is 8.11. The molecule has 0 bridgehead atoms. The number of carbonyl (C=O) groups is 1. The van der Waals surface area contributed by atoms with Crippen LogP contribution in [0.3, 0.4) is 0 Å². The molecule has 26 heavy (non-hydrogen) atoms. The fourth-order valence-electron chi connectivity index (χ4n) is 4.77. The summed E-state index contributed by atoms with van der Waals surface area (Å²) < 4.78 is 0. The van der Waals surface area contributed by atoms with Gasteiger partial charge in [0.15, 0.2) is 5.16 Å². The average Bonchev–Trinajstić information content (AvgIpc) is 3.11. The molecule has 7 heteroatoms. The van der Waals surface area contributed by atoms with Gasteiger partial charge in [-0.1, -0.05) is 11.8 Å². The van der Waals surface area contributed by atoms with Crippen molar-refractivity contribution in [2.75, 3.05) is 50.9 Å². The third kappa shape index (κ3) is 3.56. The van der Waals surface area contributed by atoms with Crippen LogP contribution in [0.2, 0.25) is 0 Å². The van der Waals surface area contributed by atoms with E-state index in [0.29, 0.717) is 17.4 Å². The highest BCUT2D eigenvalue weighted by atomic mass is 32.2. The molecule has 0 N–H and O–H groups in total. The summed E-state index contributed by atoms with van der Waals surface area (Å²) in [6, 6.07) is 2.44. The molecule has 4 rings (SSSR count). The van der Waals surface area contributed by atoms with Crippen molar-refractivity contribution in [1.82, 2.24) is 19.8 Å². The molecule has 1 spiro atoms. The first kappa shape index (κ1) is 18.0. The van der Waals surface area contributed by atoms with Crippen molar-refractivity contribution in [1.29, 1.82) is 0 Å². The molecule has 3 aliphatic rings. The van der Waals surface area contributed by atoms with Crippen LogP contribution in [-0.2, 0) is 4.79 Å². The van der Waals surface area contributed by atoms with Crippen LogP contribution in [0.15, 0.2) is 17.4 Å². The first-order valence-electron chi connectivity index (χ1n) is 9.69. The molecule has 3 fully saturated rings. The number of aromatic nitrogens is 2. The van der Waals surface area contributed by atoms with Gasteiger partial charge in [0, 0.05) is 44.8 Å². The van der Waals surface area contributed by atoms with Crippen LogP contribution >= 0.6 is 11.8 Å². The normalized spacial score (nSPS) is 26.7. The van der Waals surface area contributed by atoms with E-state index >= 15 is 0 Å². The molecule has 1 amide bonds. The van der Waals surface area contributed by atoms with Gasteiger partial charge in [-0.3, -0.25) is 4.79 Å². The van der Waals surface area contributed by atoms with Crippen LogP contribution in [-0.4, -0.2) is 77.7 Å². The maximum Gasteiger partial charge on any atom is 0.222 e. The van der Waals surface area contributed by atoms with E-state index in [1.54, 1.807) is 11.8 Å². The topological polar surface area (TPSA) is 52.6 Å². The lowest BCUT2D eigenvalue weighted by Gasteiger charge is -2.49. The van der Waals surface area contributed by atoms with E-state index < -0.39 is 0 Å². The Hall–Kier alpha value is -1.34. The summed E-state index contributed by atoms with van der Waals surface area (Å²) in [4.78, 5) is 28.4. The Morgan fingerprint density at radius 2 is 2.04 bits per heavy atom. The van der Waals surface area contributed by atoms with E-state index in [2.05, 4.69) is 31.7 Å². The molecular formula is C19H29N5OS. The molecular weight excluding hydrogens is 346 g/mol. The van der Waals surface area contributed by atoms with Crippen molar-refractivity contribution in [3.05, 3.63) is 12.3 Å². The van der Waals surface area contributed by atoms with Gasteiger partial charge in [-0.15, -0.1) is 0 Å². The molecule has 1 aromatic heterocycles. The lowest BCUT2D eigenvalue weighted by Crippen LogP contribution is -2.55. The van der Waals surface area contributed by atoms with E-state index in [1.165, 1.54) is 0 Å². The van der Waals surface area contributed by atoms with Gasteiger partial charge < -0.3 is 14.7 Å². The Morgan fingerprint density at radius 1 is 1.23 bits per heavy atom. The fraction of sp³-hybridized carbons (Fsp3) is 0.737. The molecule has 1 atom stereocenters. The minimum absolute atomic E-state index is 0.306. The van der Waals surface area contributed by atoms with Gasteiger partial charge in [0.2, 0.25) is 5.91 Å². The summed E-state index contributed by atoms with van der Waals surface area (Å²) in [5, 5.41) is 0.836. The Kier molecular flexibility index (Phi) is 5.10. The van der Waals surface area contributed by atoms with E-state index in [9.17, 15) is 4.79 Å². The van der Waals surface area contributed by atoms with Gasteiger partial charge in [-0.05, 0) is 57.0 Å². The molecule has 3 aliphatic heterocycles. The fourth-order valence-corrected chi connectivity index (χ4v) is 5.12. The van der Waals surface area contributed by atoms with E-state index in [-0.39, 0.29) is 0 Å². The highest BCUT2D eigenvalue weighted by Gasteiger charge is 2.43. The Balaban J connectivity index is 1.41. The van der Waals surface area contributed by atoms with Gasteiger partial charge in [0.05, 0.1) is 0 Å². The third-order valence-electron chi connectivity index (χ3n) is 6.45. The monoisotopic (exact) mass is 375 g/mol. The van der Waals surface area contributed by atoms with E-state index in [4.69, 9.17) is 0 Å². The minimum atomic E-state index is 0.306. The predicted molar refractivity (Wildman–Crippen MR) is 105 cm³/mol. The van der Waals surface area contributed by atoms with Crippen LogP contribution < -0.4 is 4.90 Å². The summed E-state index contributed by atoms with van der Waals surface area (Å²) in [6.45, 7) is 5.15. The lowest BCUT2D eigenvalue weighted by molar-refractivity contribution is -0.141. The van der Waals surface area contributed by atoms with Crippen molar-refractivity contribution < 1.29 is 4.79 Å². The Bertz CT molecular complexity index is 661. The number of anilines is 1. The number of piperidine rings is 2. The summed E-state index contributed by atoms with van der Waals surface area (Å²) in [5.74, 6) is 1.42. The average molecular weight is 376 g/mol. The second kappa shape index (κ2) is 7.35. The molecule has 6 nitrogen and oxygen atoms in total. The first-order chi connectivity index (χ1) is 12.6. The zero-order chi connectivity index (χ0) is 18.1. The standard InChI is InChI=1S/C19H29N5OS/c1-22-10-5-15(13-22)24-14-19(6-3-17(24)25)7-11-23(12-8-19)16-4-9-20-18(21-16)26-2/h4,9,15H,3,5-8,10-14H2,1-2H3/t15-/m1/s1. The van der Waals surface area contributed by atoms with Crippen molar-refractivity contribution in [2.45, 2.75) is 43.3 Å². The Morgan fingerprint density at radius 3 is 2.73 bits per heavy atom. The zero-order valence-electron chi connectivity index (χ0n) is 15.9. The number of likely N-dealkylation sites (N-methyl/N-ethyl adjacent to an activating group) is 1. The molecule has 0 unspecified atom stereocenters. The van der Waals surface area contributed by atoms with Crippen LogP contribution in [0.25, 0.3) is 0 Å². The number of carbonyl (C=O) groups excluding carboxylic acids is 1. The van der Waals surface area contributed by atoms with Gasteiger partial charge in [-0.25, -0.2) is 9.97 Å². The minimum Gasteiger partial charge on any atom is -0.356 e. The van der Waals surface area contributed by atoms with E-state index in [1.807, 2.05) is 18.5 Å². The number of thioether (sulfide) groups is 1. The predicted octanol–water partition coefficient (Wildman–Crippen LogP) is 2.11. The lowest BCUT2D eigenvalue weighted by atomic mass is 9.72. The number of amides is 1. The van der Waals surface area contributed by atoms with Crippen LogP contribution in [0, 0.1) is 5.41 Å². The van der Waals surface area contributed by atoms with Gasteiger partial charge >= 0.3 is 0 Å². The molecule has 0 aromatic carbocycles. The maximum atomic E-state index is 12.5. The third-order valence-corrected chi connectivity index (χ3v) is 7.01. The summed E-state index contributed by atoms with van der Waals surface area (Å²) in [7, 11) is 2.16. The van der Waals surface area contributed by atoms with Crippen molar-refractivity contribution in [3.63, 3.8) is 0 Å². The molecule has 0 radical (unpaired) electrons. The molecule has 3 saturated heterocycles. The smallest absolute Gasteiger partial charge is 0.222 e. The molecule has 142 valence electrons. The quantitative estimate of drug-likeness (QED) is 0.596. The number of hydrogen-bond donors (Lipinski definition) is 0. The Labute approximate surface area is 160 Å². The summed E-state index contributed by atoms with van der Waals surface area (Å²) in [5.41, 5.74) is 0.306. The highest BCUT2D eigenvalue weighted by molar-refractivity contribution is 7.98. The van der Waals surface area contributed by atoms with Crippen molar-refractivity contribution >= 4 is 23.5 Å². The molecule has 0 saturated carbocycles. The van der Waals surface area contributed by atoms with Gasteiger partial charge in [0.25, 0.3) is 0 Å². The van der Waals surface area contributed by atoms with Crippen LogP contribution in [0.5, 0.6) is 0 Å². The van der Waals surface area contributed by atoms with Gasteiger partial charge in [0.1, 0.15) is 5.82 Å². The highest BCUT2D eigenvalue weighted by Crippen LogP contribution is 2.42. The molecule has 4 heterocycles. The van der Waals surface area contributed by atoms with Crippen LogP contribution in [0.1, 0.15) is 32.1 Å². The second-order valence-corrected chi connectivity index (χ2v) is 8.89. The molecule has 1 aromatic rings. The SMILES string of the molecule is CSc1nccc(N2CCC3(CCC(=O)N([C@@H]4CCN(C)C4)C3)CC2)n1. The largest absolute Gasteiger partial charge is 0.356 e.